The first-order valence-corrected chi connectivity index (χ1v) is 9.99. The lowest BCUT2D eigenvalue weighted by Gasteiger charge is -2.13. The average Bonchev–Trinajstić information content (AvgIpc) is 3.35. The quantitative estimate of drug-likeness (QED) is 0.610. The summed E-state index contributed by atoms with van der Waals surface area (Å²) in [4.78, 5) is 33.2. The van der Waals surface area contributed by atoms with Crippen molar-refractivity contribution >= 4 is 23.3 Å². The van der Waals surface area contributed by atoms with Crippen LogP contribution >= 0.6 is 0 Å². The number of pyridine rings is 2. The van der Waals surface area contributed by atoms with Gasteiger partial charge < -0.3 is 20.1 Å². The average molecular weight is 418 g/mol. The molecule has 1 aromatic carbocycles. The molecule has 2 N–H and O–H groups in total. The van der Waals surface area contributed by atoms with Crippen molar-refractivity contribution in [1.82, 2.24) is 9.97 Å². The number of rotatable bonds is 7. The summed E-state index contributed by atoms with van der Waals surface area (Å²) < 4.78 is 11.2. The van der Waals surface area contributed by atoms with Gasteiger partial charge in [-0.25, -0.2) is 4.98 Å². The lowest BCUT2D eigenvalue weighted by atomic mass is 10.1. The molecule has 0 aliphatic carbocycles. The van der Waals surface area contributed by atoms with Crippen LogP contribution in [0, 0.1) is 0 Å². The van der Waals surface area contributed by atoms with E-state index in [2.05, 4.69) is 20.6 Å². The van der Waals surface area contributed by atoms with Gasteiger partial charge >= 0.3 is 0 Å². The Morgan fingerprint density at radius 2 is 1.94 bits per heavy atom. The van der Waals surface area contributed by atoms with Crippen LogP contribution in [0.5, 0.6) is 5.75 Å². The summed E-state index contributed by atoms with van der Waals surface area (Å²) in [6.07, 6.45) is 6.09. The number of nitrogens with one attached hydrogen (secondary N) is 2. The van der Waals surface area contributed by atoms with E-state index >= 15 is 0 Å². The fourth-order valence-electron chi connectivity index (χ4n) is 3.17. The largest absolute Gasteiger partial charge is 0.485 e. The van der Waals surface area contributed by atoms with Gasteiger partial charge in [-0.1, -0.05) is 6.07 Å². The van der Waals surface area contributed by atoms with Crippen molar-refractivity contribution in [2.45, 2.75) is 25.6 Å². The number of carbonyl (C=O) groups is 2. The van der Waals surface area contributed by atoms with Gasteiger partial charge in [-0.2, -0.15) is 0 Å². The van der Waals surface area contributed by atoms with Gasteiger partial charge in [0.05, 0.1) is 0 Å². The van der Waals surface area contributed by atoms with E-state index in [9.17, 15) is 9.59 Å². The normalized spacial score (nSPS) is 15.3. The predicted octanol–water partition coefficient (Wildman–Crippen LogP) is 3.43. The number of amides is 2. The topological polar surface area (TPSA) is 102 Å². The number of benzene rings is 1. The second-order valence-corrected chi connectivity index (χ2v) is 7.02. The molecule has 3 heterocycles. The zero-order valence-corrected chi connectivity index (χ0v) is 16.8. The summed E-state index contributed by atoms with van der Waals surface area (Å²) in [6, 6.07) is 13.9. The van der Waals surface area contributed by atoms with Gasteiger partial charge in [-0.05, 0) is 60.9 Å². The molecule has 3 aromatic rings. The minimum absolute atomic E-state index is 0.202. The van der Waals surface area contributed by atoms with E-state index in [0.717, 1.165) is 12.0 Å². The van der Waals surface area contributed by atoms with Crippen molar-refractivity contribution in [2.75, 3.05) is 17.2 Å². The van der Waals surface area contributed by atoms with E-state index < -0.39 is 6.10 Å². The van der Waals surface area contributed by atoms with Gasteiger partial charge in [0.1, 0.15) is 12.7 Å². The fourth-order valence-corrected chi connectivity index (χ4v) is 3.17. The molecule has 2 aromatic heterocycles. The molecule has 0 spiro atoms. The molecule has 1 aliphatic rings. The summed E-state index contributed by atoms with van der Waals surface area (Å²) >= 11 is 0. The zero-order chi connectivity index (χ0) is 21.5. The molecule has 1 aliphatic heterocycles. The Bertz CT molecular complexity index is 1050. The molecule has 2 amide bonds. The van der Waals surface area contributed by atoms with Crippen LogP contribution in [0.3, 0.4) is 0 Å². The molecule has 1 saturated heterocycles. The van der Waals surface area contributed by atoms with Gasteiger partial charge in [0.15, 0.2) is 11.6 Å². The highest BCUT2D eigenvalue weighted by atomic mass is 16.5. The minimum Gasteiger partial charge on any atom is -0.485 e. The van der Waals surface area contributed by atoms with Gasteiger partial charge in [-0.15, -0.1) is 0 Å². The van der Waals surface area contributed by atoms with Crippen molar-refractivity contribution in [2.24, 2.45) is 0 Å². The lowest BCUT2D eigenvalue weighted by Crippen LogP contribution is -2.27. The molecule has 0 radical (unpaired) electrons. The van der Waals surface area contributed by atoms with Crippen molar-refractivity contribution in [1.29, 1.82) is 0 Å². The van der Waals surface area contributed by atoms with Crippen LogP contribution in [-0.4, -0.2) is 34.5 Å². The molecule has 0 bridgehead atoms. The van der Waals surface area contributed by atoms with E-state index in [0.29, 0.717) is 42.5 Å². The van der Waals surface area contributed by atoms with Crippen LogP contribution in [0.25, 0.3) is 0 Å². The first kappa shape index (κ1) is 20.5. The Morgan fingerprint density at radius 3 is 2.74 bits per heavy atom. The van der Waals surface area contributed by atoms with Crippen LogP contribution in [0.15, 0.2) is 67.1 Å². The van der Waals surface area contributed by atoms with Gasteiger partial charge in [0, 0.05) is 36.4 Å². The molecule has 1 fully saturated rings. The Labute approximate surface area is 179 Å². The molecule has 1 atom stereocenters. The van der Waals surface area contributed by atoms with E-state index in [1.165, 1.54) is 0 Å². The zero-order valence-electron chi connectivity index (χ0n) is 16.8. The summed E-state index contributed by atoms with van der Waals surface area (Å²) in [6.45, 7) is 0.915. The summed E-state index contributed by atoms with van der Waals surface area (Å²) in [5.41, 5.74) is 1.87. The third kappa shape index (κ3) is 5.43. The number of nitrogens with zero attached hydrogens (tertiary/aromatic N) is 2. The molecule has 31 heavy (non-hydrogen) atoms. The van der Waals surface area contributed by atoms with Gasteiger partial charge in [-0.3, -0.25) is 14.6 Å². The fraction of sp³-hybridized carbons (Fsp3) is 0.217. The Balaban J connectivity index is 1.42. The standard InChI is InChI=1S/C23H22N4O4/c28-22(17-4-1-5-18(14-17)26-23(29)20-7-3-13-30-20)27-21-19(6-2-10-25-21)31-15-16-8-11-24-12-9-16/h1-2,4-6,8-12,14,20H,3,7,13,15H2,(H,26,29)(H,25,27,28). The minimum atomic E-state index is -0.439. The first-order chi connectivity index (χ1) is 15.2. The molecule has 0 saturated carbocycles. The third-order valence-electron chi connectivity index (χ3n) is 4.76. The molecule has 8 nitrogen and oxygen atoms in total. The van der Waals surface area contributed by atoms with Gasteiger partial charge in [0.25, 0.3) is 11.8 Å². The number of hydrogen-bond acceptors (Lipinski definition) is 6. The highest BCUT2D eigenvalue weighted by Gasteiger charge is 2.23. The second kappa shape index (κ2) is 9.82. The highest BCUT2D eigenvalue weighted by Crippen LogP contribution is 2.23. The van der Waals surface area contributed by atoms with Crippen molar-refractivity contribution in [3.05, 3.63) is 78.2 Å². The SMILES string of the molecule is O=C(Nc1ncccc1OCc1ccncc1)c1cccc(NC(=O)C2CCCO2)c1. The lowest BCUT2D eigenvalue weighted by molar-refractivity contribution is -0.124. The number of hydrogen-bond donors (Lipinski definition) is 2. The number of ether oxygens (including phenoxy) is 2. The number of carbonyl (C=O) groups excluding carboxylic acids is 2. The second-order valence-electron chi connectivity index (χ2n) is 7.02. The maximum atomic E-state index is 12.8. The smallest absolute Gasteiger partial charge is 0.256 e. The van der Waals surface area contributed by atoms with E-state index in [1.807, 2.05) is 12.1 Å². The predicted molar refractivity (Wildman–Crippen MR) is 115 cm³/mol. The Morgan fingerprint density at radius 1 is 1.06 bits per heavy atom. The Kier molecular flexibility index (Phi) is 6.49. The maximum Gasteiger partial charge on any atom is 0.256 e. The van der Waals surface area contributed by atoms with E-state index in [4.69, 9.17) is 9.47 Å². The molecule has 158 valence electrons. The molecule has 8 heteroatoms. The van der Waals surface area contributed by atoms with E-state index in [1.54, 1.807) is 55.0 Å². The third-order valence-corrected chi connectivity index (χ3v) is 4.76. The van der Waals surface area contributed by atoms with Crippen molar-refractivity contribution in [3.63, 3.8) is 0 Å². The maximum absolute atomic E-state index is 12.8. The molecular weight excluding hydrogens is 396 g/mol. The first-order valence-electron chi connectivity index (χ1n) is 9.99. The molecular formula is C23H22N4O4. The Hall–Kier alpha value is -3.78. The van der Waals surface area contributed by atoms with Crippen LogP contribution in [-0.2, 0) is 16.1 Å². The summed E-state index contributed by atoms with van der Waals surface area (Å²) in [5, 5.41) is 5.58. The number of aromatic nitrogens is 2. The van der Waals surface area contributed by atoms with Crippen molar-refractivity contribution in [3.8, 4) is 5.75 Å². The van der Waals surface area contributed by atoms with E-state index in [-0.39, 0.29) is 11.8 Å². The number of anilines is 2. The van der Waals surface area contributed by atoms with Crippen molar-refractivity contribution < 1.29 is 19.1 Å². The summed E-state index contributed by atoms with van der Waals surface area (Å²) in [5.74, 6) is 0.207. The van der Waals surface area contributed by atoms with Gasteiger partial charge in [0.2, 0.25) is 0 Å². The van der Waals surface area contributed by atoms with Crippen LogP contribution in [0.2, 0.25) is 0 Å². The summed E-state index contributed by atoms with van der Waals surface area (Å²) in [7, 11) is 0. The van der Waals surface area contributed by atoms with Crippen LogP contribution in [0.4, 0.5) is 11.5 Å². The van der Waals surface area contributed by atoms with Crippen LogP contribution < -0.4 is 15.4 Å². The highest BCUT2D eigenvalue weighted by molar-refractivity contribution is 6.05. The monoisotopic (exact) mass is 418 g/mol. The molecule has 1 unspecified atom stereocenters. The molecule has 4 rings (SSSR count). The van der Waals surface area contributed by atoms with Crippen LogP contribution in [0.1, 0.15) is 28.8 Å².